The summed E-state index contributed by atoms with van der Waals surface area (Å²) in [6.45, 7) is 3.98. The van der Waals surface area contributed by atoms with Crippen LogP contribution < -0.4 is 15.5 Å². The average molecular weight is 519 g/mol. The number of anilines is 1. The van der Waals surface area contributed by atoms with E-state index in [1.807, 2.05) is 58.8 Å². The molecule has 158 valence electrons. The van der Waals surface area contributed by atoms with Crippen molar-refractivity contribution in [1.82, 2.24) is 25.2 Å². The number of hydrogen-bond donors (Lipinski definition) is 2. The zero-order chi connectivity index (χ0) is 20.1. The fraction of sp³-hybridized carbons (Fsp3) is 0.333. The molecule has 0 saturated carbocycles. The van der Waals surface area contributed by atoms with Crippen LogP contribution in [0.3, 0.4) is 0 Å². The van der Waals surface area contributed by atoms with Crippen molar-refractivity contribution in [3.8, 4) is 0 Å². The fourth-order valence-corrected chi connectivity index (χ4v) is 3.54. The minimum Gasteiger partial charge on any atom is -0.357 e. The SMILES string of the molecule is CCNC(=NCc1nnc2ccccn12)NCC(=O)N1CCCc2ccccc21.I. The summed E-state index contributed by atoms with van der Waals surface area (Å²) >= 11 is 0. The molecular weight excluding hydrogens is 493 g/mol. The average Bonchev–Trinajstić information content (AvgIpc) is 3.18. The summed E-state index contributed by atoms with van der Waals surface area (Å²) in [5, 5.41) is 14.7. The summed E-state index contributed by atoms with van der Waals surface area (Å²) in [5.74, 6) is 1.36. The summed E-state index contributed by atoms with van der Waals surface area (Å²) in [6.07, 6.45) is 3.92. The first-order valence-corrected chi connectivity index (χ1v) is 9.95. The number of nitrogens with zero attached hydrogens (tertiary/aromatic N) is 5. The molecule has 9 heteroatoms. The summed E-state index contributed by atoms with van der Waals surface area (Å²) in [5.41, 5.74) is 3.03. The van der Waals surface area contributed by atoms with E-state index < -0.39 is 0 Å². The number of hydrogen-bond acceptors (Lipinski definition) is 4. The maximum Gasteiger partial charge on any atom is 0.246 e. The van der Waals surface area contributed by atoms with Crippen molar-refractivity contribution in [1.29, 1.82) is 0 Å². The maximum atomic E-state index is 12.8. The van der Waals surface area contributed by atoms with Gasteiger partial charge in [-0.3, -0.25) is 9.20 Å². The molecule has 0 aliphatic carbocycles. The van der Waals surface area contributed by atoms with E-state index in [9.17, 15) is 4.79 Å². The number of pyridine rings is 1. The second-order valence-electron chi connectivity index (χ2n) is 6.87. The van der Waals surface area contributed by atoms with Crippen LogP contribution in [0.15, 0.2) is 53.7 Å². The quantitative estimate of drug-likeness (QED) is 0.307. The lowest BCUT2D eigenvalue weighted by Crippen LogP contribution is -2.46. The van der Waals surface area contributed by atoms with E-state index in [-0.39, 0.29) is 36.4 Å². The number of para-hydroxylation sites is 1. The van der Waals surface area contributed by atoms with Gasteiger partial charge in [0.15, 0.2) is 17.4 Å². The van der Waals surface area contributed by atoms with Crippen LogP contribution >= 0.6 is 24.0 Å². The Hall–Kier alpha value is -2.69. The highest BCUT2D eigenvalue weighted by molar-refractivity contribution is 14.0. The lowest BCUT2D eigenvalue weighted by atomic mass is 10.0. The third-order valence-corrected chi connectivity index (χ3v) is 4.93. The summed E-state index contributed by atoms with van der Waals surface area (Å²) in [6, 6.07) is 13.9. The van der Waals surface area contributed by atoms with Gasteiger partial charge in [0.1, 0.15) is 6.54 Å². The third kappa shape index (κ3) is 4.89. The van der Waals surface area contributed by atoms with Gasteiger partial charge < -0.3 is 15.5 Å². The standard InChI is InChI=1S/C21H25N7O.HI/c1-2-22-21(23-14-19-26-25-18-11-5-6-12-28(18)19)24-15-20(29)27-13-7-9-16-8-3-4-10-17(16)27;/h3-6,8,10-12H,2,7,9,13-15H2,1H3,(H2,22,23,24);1H. The van der Waals surface area contributed by atoms with E-state index in [2.05, 4.69) is 31.9 Å². The van der Waals surface area contributed by atoms with Crippen molar-refractivity contribution in [2.45, 2.75) is 26.3 Å². The molecule has 1 amide bonds. The van der Waals surface area contributed by atoms with Crippen LogP contribution in [0.25, 0.3) is 5.65 Å². The molecule has 1 aliphatic rings. The molecule has 0 bridgehead atoms. The van der Waals surface area contributed by atoms with E-state index in [1.54, 1.807) is 0 Å². The minimum atomic E-state index is 0. The molecule has 4 rings (SSSR count). The van der Waals surface area contributed by atoms with Gasteiger partial charge in [0, 0.05) is 25.0 Å². The molecule has 0 saturated heterocycles. The van der Waals surface area contributed by atoms with Gasteiger partial charge in [-0.15, -0.1) is 34.2 Å². The Balaban J connectivity index is 0.00000256. The lowest BCUT2D eigenvalue weighted by molar-refractivity contribution is -0.117. The molecule has 1 aliphatic heterocycles. The Morgan fingerprint density at radius 3 is 2.83 bits per heavy atom. The topological polar surface area (TPSA) is 86.9 Å². The van der Waals surface area contributed by atoms with Crippen LogP contribution in [-0.2, 0) is 17.8 Å². The number of amides is 1. The minimum absolute atomic E-state index is 0. The molecule has 0 atom stereocenters. The zero-order valence-corrected chi connectivity index (χ0v) is 19.2. The van der Waals surface area contributed by atoms with Gasteiger partial charge in [0.05, 0.1) is 6.54 Å². The summed E-state index contributed by atoms with van der Waals surface area (Å²) in [4.78, 5) is 19.3. The highest BCUT2D eigenvalue weighted by Crippen LogP contribution is 2.26. The number of aryl methyl sites for hydroxylation is 1. The number of rotatable bonds is 5. The zero-order valence-electron chi connectivity index (χ0n) is 16.9. The molecule has 0 spiro atoms. The van der Waals surface area contributed by atoms with E-state index >= 15 is 0 Å². The normalized spacial score (nSPS) is 13.5. The molecule has 3 aromatic rings. The van der Waals surface area contributed by atoms with Crippen LogP contribution in [0, 0.1) is 0 Å². The Kier molecular flexibility index (Phi) is 7.61. The highest BCUT2D eigenvalue weighted by atomic mass is 127. The van der Waals surface area contributed by atoms with Crippen molar-refractivity contribution in [3.05, 3.63) is 60.0 Å². The first kappa shape index (κ1) is 22.0. The predicted octanol–water partition coefficient (Wildman–Crippen LogP) is 2.38. The van der Waals surface area contributed by atoms with Gasteiger partial charge in [-0.25, -0.2) is 4.99 Å². The van der Waals surface area contributed by atoms with Gasteiger partial charge in [-0.2, -0.15) is 0 Å². The van der Waals surface area contributed by atoms with Crippen LogP contribution in [-0.4, -0.2) is 46.1 Å². The van der Waals surface area contributed by atoms with Crippen molar-refractivity contribution in [2.24, 2.45) is 4.99 Å². The number of halogens is 1. The van der Waals surface area contributed by atoms with Crippen molar-refractivity contribution in [2.75, 3.05) is 24.5 Å². The fourth-order valence-electron chi connectivity index (χ4n) is 3.54. The first-order chi connectivity index (χ1) is 14.3. The maximum absolute atomic E-state index is 12.8. The van der Waals surface area contributed by atoms with Gasteiger partial charge in [0.2, 0.25) is 5.91 Å². The van der Waals surface area contributed by atoms with Crippen LogP contribution in [0.1, 0.15) is 24.7 Å². The van der Waals surface area contributed by atoms with Crippen LogP contribution in [0.5, 0.6) is 0 Å². The van der Waals surface area contributed by atoms with Gasteiger partial charge in [-0.1, -0.05) is 24.3 Å². The molecule has 8 nitrogen and oxygen atoms in total. The molecule has 2 N–H and O–H groups in total. The number of aromatic nitrogens is 3. The van der Waals surface area contributed by atoms with E-state index in [1.165, 1.54) is 5.56 Å². The molecule has 3 heterocycles. The molecule has 0 fully saturated rings. The molecular formula is C21H26IN7O. The number of nitrogens with one attached hydrogen (secondary N) is 2. The second-order valence-corrected chi connectivity index (χ2v) is 6.87. The number of aliphatic imine (C=N–C) groups is 1. The van der Waals surface area contributed by atoms with Crippen molar-refractivity contribution >= 4 is 47.2 Å². The number of carbonyl (C=O) groups excluding carboxylic acids is 1. The second kappa shape index (κ2) is 10.4. The van der Waals surface area contributed by atoms with Crippen LogP contribution in [0.2, 0.25) is 0 Å². The Labute approximate surface area is 192 Å². The van der Waals surface area contributed by atoms with Gasteiger partial charge in [-0.05, 0) is 43.5 Å². The Morgan fingerprint density at radius 1 is 1.13 bits per heavy atom. The molecule has 1 aromatic carbocycles. The molecule has 2 aromatic heterocycles. The van der Waals surface area contributed by atoms with Crippen molar-refractivity contribution in [3.63, 3.8) is 0 Å². The van der Waals surface area contributed by atoms with Gasteiger partial charge >= 0.3 is 0 Å². The Morgan fingerprint density at radius 2 is 1.97 bits per heavy atom. The molecule has 30 heavy (non-hydrogen) atoms. The number of carbonyl (C=O) groups is 1. The summed E-state index contributed by atoms with van der Waals surface area (Å²) < 4.78 is 1.91. The Bertz CT molecular complexity index is 1030. The highest BCUT2D eigenvalue weighted by Gasteiger charge is 2.22. The lowest BCUT2D eigenvalue weighted by Gasteiger charge is -2.29. The first-order valence-electron chi connectivity index (χ1n) is 9.95. The third-order valence-electron chi connectivity index (χ3n) is 4.93. The largest absolute Gasteiger partial charge is 0.357 e. The predicted molar refractivity (Wildman–Crippen MR) is 128 cm³/mol. The number of benzene rings is 1. The van der Waals surface area contributed by atoms with E-state index in [0.29, 0.717) is 19.0 Å². The molecule has 0 radical (unpaired) electrons. The number of fused-ring (bicyclic) bond motifs is 2. The number of guanidine groups is 1. The van der Waals surface area contributed by atoms with Crippen molar-refractivity contribution < 1.29 is 4.79 Å². The van der Waals surface area contributed by atoms with Gasteiger partial charge in [0.25, 0.3) is 0 Å². The molecule has 0 unspecified atom stereocenters. The monoisotopic (exact) mass is 519 g/mol. The summed E-state index contributed by atoms with van der Waals surface area (Å²) in [7, 11) is 0. The van der Waals surface area contributed by atoms with E-state index in [4.69, 9.17) is 0 Å². The van der Waals surface area contributed by atoms with E-state index in [0.717, 1.165) is 36.5 Å². The van der Waals surface area contributed by atoms with Crippen LogP contribution in [0.4, 0.5) is 5.69 Å². The smallest absolute Gasteiger partial charge is 0.246 e.